The molecule has 0 amide bonds. The number of hydrogen-bond acceptors (Lipinski definition) is 6. The quantitative estimate of drug-likeness (QED) is 0.648. The first-order chi connectivity index (χ1) is 14.9. The standard InChI is InChI=1S/C18H22ClN5O2/c1-22(2)11-12-8-13(21-23(12)3)16-9-14-18(26-16)15(10-17(19)20-14)24-4-6-25-7-5-24/h8-10H,4-7,11H2,1-3H3/i1D3,2D3. The normalized spacial score (nSPS) is 19.7. The average molecular weight is 382 g/mol. The molecule has 1 aliphatic rings. The van der Waals surface area contributed by atoms with Crippen molar-refractivity contribution in [1.82, 2.24) is 19.7 Å². The van der Waals surface area contributed by atoms with Crippen LogP contribution < -0.4 is 4.90 Å². The van der Waals surface area contributed by atoms with Gasteiger partial charge < -0.3 is 19.0 Å². The van der Waals surface area contributed by atoms with Crippen molar-refractivity contribution >= 4 is 28.4 Å². The Hall–Kier alpha value is -2.09. The largest absolute Gasteiger partial charge is 0.450 e. The number of hydrogen-bond donors (Lipinski definition) is 0. The summed E-state index contributed by atoms with van der Waals surface area (Å²) in [5, 5.41) is 4.72. The van der Waals surface area contributed by atoms with Crippen LogP contribution >= 0.6 is 11.6 Å². The number of anilines is 1. The molecule has 0 spiro atoms. The van der Waals surface area contributed by atoms with Gasteiger partial charge in [0.05, 0.1) is 24.6 Å². The Balaban J connectivity index is 1.70. The van der Waals surface area contributed by atoms with Gasteiger partial charge in [-0.25, -0.2) is 4.98 Å². The molecule has 1 aliphatic heterocycles. The highest BCUT2D eigenvalue weighted by atomic mass is 35.5. The van der Waals surface area contributed by atoms with Crippen LogP contribution in [-0.2, 0) is 18.3 Å². The summed E-state index contributed by atoms with van der Waals surface area (Å²) < 4.78 is 58.3. The summed E-state index contributed by atoms with van der Waals surface area (Å²) in [7, 11) is 1.62. The van der Waals surface area contributed by atoms with Crippen molar-refractivity contribution in [3.63, 3.8) is 0 Å². The number of fused-ring (bicyclic) bond motifs is 1. The fourth-order valence-corrected chi connectivity index (χ4v) is 3.27. The van der Waals surface area contributed by atoms with Gasteiger partial charge in [-0.05, 0) is 20.0 Å². The van der Waals surface area contributed by atoms with Crippen LogP contribution in [0.4, 0.5) is 5.69 Å². The summed E-state index contributed by atoms with van der Waals surface area (Å²) in [6.07, 6.45) is 0. The molecule has 4 heterocycles. The second-order valence-corrected chi connectivity index (χ2v) is 6.51. The van der Waals surface area contributed by atoms with Crippen molar-refractivity contribution in [1.29, 1.82) is 0 Å². The van der Waals surface area contributed by atoms with Gasteiger partial charge in [0, 0.05) is 47.0 Å². The second kappa shape index (κ2) is 6.90. The number of aromatic nitrogens is 3. The molecule has 0 atom stereocenters. The lowest BCUT2D eigenvalue weighted by Gasteiger charge is -2.28. The van der Waals surface area contributed by atoms with E-state index in [1.807, 2.05) is 0 Å². The van der Waals surface area contributed by atoms with Crippen molar-refractivity contribution in [3.8, 4) is 11.5 Å². The number of furan rings is 1. The summed E-state index contributed by atoms with van der Waals surface area (Å²) in [5.41, 5.74) is 2.77. The number of morpholine rings is 1. The predicted octanol–water partition coefficient (Wildman–Crippen LogP) is 2.78. The Morgan fingerprint density at radius 2 is 2.08 bits per heavy atom. The zero-order valence-electron chi connectivity index (χ0n) is 20.2. The van der Waals surface area contributed by atoms with E-state index in [1.54, 1.807) is 25.2 Å². The molecule has 0 saturated carbocycles. The molecule has 0 aliphatic carbocycles. The van der Waals surface area contributed by atoms with Gasteiger partial charge in [0.25, 0.3) is 0 Å². The molecule has 3 aromatic heterocycles. The molecule has 0 bridgehead atoms. The highest BCUT2D eigenvalue weighted by Gasteiger charge is 2.20. The van der Waals surface area contributed by atoms with Gasteiger partial charge in [-0.15, -0.1) is 0 Å². The van der Waals surface area contributed by atoms with Gasteiger partial charge in [-0.2, -0.15) is 5.10 Å². The lowest BCUT2D eigenvalue weighted by atomic mass is 10.2. The van der Waals surface area contributed by atoms with Gasteiger partial charge in [-0.3, -0.25) is 4.68 Å². The molecule has 0 unspecified atom stereocenters. The van der Waals surface area contributed by atoms with Crippen LogP contribution in [0.3, 0.4) is 0 Å². The molecule has 1 saturated heterocycles. The van der Waals surface area contributed by atoms with Crippen LogP contribution in [0.2, 0.25) is 5.15 Å². The average Bonchev–Trinajstić information content (AvgIpc) is 3.27. The third kappa shape index (κ3) is 3.30. The maximum Gasteiger partial charge on any atom is 0.176 e. The van der Waals surface area contributed by atoms with E-state index in [9.17, 15) is 0 Å². The third-order valence-electron chi connectivity index (χ3n) is 4.33. The van der Waals surface area contributed by atoms with Gasteiger partial charge >= 0.3 is 0 Å². The predicted molar refractivity (Wildman–Crippen MR) is 102 cm³/mol. The van der Waals surface area contributed by atoms with E-state index in [1.165, 1.54) is 4.68 Å². The molecule has 1 fully saturated rings. The van der Waals surface area contributed by atoms with Gasteiger partial charge in [0.2, 0.25) is 0 Å². The zero-order chi connectivity index (χ0) is 23.3. The molecule has 4 rings (SSSR count). The van der Waals surface area contributed by atoms with Crippen LogP contribution in [0.1, 0.15) is 13.9 Å². The molecule has 26 heavy (non-hydrogen) atoms. The Bertz CT molecular complexity index is 1110. The maximum absolute atomic E-state index is 7.57. The van der Waals surface area contributed by atoms with Gasteiger partial charge in [-0.1, -0.05) is 11.6 Å². The van der Waals surface area contributed by atoms with Crippen LogP contribution in [-0.4, -0.2) is 59.9 Å². The van der Waals surface area contributed by atoms with E-state index in [2.05, 4.69) is 15.0 Å². The number of rotatable bonds is 4. The maximum atomic E-state index is 7.57. The minimum Gasteiger partial charge on any atom is -0.450 e. The van der Waals surface area contributed by atoms with Crippen LogP contribution in [0.5, 0.6) is 0 Å². The van der Waals surface area contributed by atoms with E-state index in [4.69, 9.17) is 29.0 Å². The molecular formula is C18H22ClN5O2. The Kier molecular flexibility index (Phi) is 3.08. The minimum absolute atomic E-state index is 0.332. The van der Waals surface area contributed by atoms with Crippen molar-refractivity contribution in [2.75, 3.05) is 45.2 Å². The number of aryl methyl sites for hydroxylation is 1. The van der Waals surface area contributed by atoms with E-state index in [0.717, 1.165) is 5.69 Å². The summed E-state index contributed by atoms with van der Waals surface area (Å²) in [5.74, 6) is 0.417. The number of nitrogens with zero attached hydrogens (tertiary/aromatic N) is 5. The summed E-state index contributed by atoms with van der Waals surface area (Å²) in [6, 6.07) is 5.07. The molecule has 0 aromatic carbocycles. The zero-order valence-corrected chi connectivity index (χ0v) is 15.0. The van der Waals surface area contributed by atoms with Crippen LogP contribution in [0.25, 0.3) is 22.6 Å². The molecule has 138 valence electrons. The first-order valence-corrected chi connectivity index (χ1v) is 8.55. The molecule has 8 heteroatoms. The number of ether oxygens (including phenoxy) is 1. The first kappa shape index (κ1) is 11.6. The monoisotopic (exact) mass is 381 g/mol. The molecule has 0 N–H and O–H groups in total. The lowest BCUT2D eigenvalue weighted by molar-refractivity contribution is 0.122. The van der Waals surface area contributed by atoms with Gasteiger partial charge in [0.15, 0.2) is 11.3 Å². The van der Waals surface area contributed by atoms with E-state index in [0.29, 0.717) is 64.6 Å². The third-order valence-corrected chi connectivity index (χ3v) is 4.52. The van der Waals surface area contributed by atoms with E-state index < -0.39 is 14.0 Å². The SMILES string of the molecule is [2H]C([2H])([2H])N(Cc1cc(-c2cc3nc(Cl)cc(N4CCOCC4)c3o2)nn1C)C([2H])([2H])[2H]. The summed E-state index contributed by atoms with van der Waals surface area (Å²) in [6.45, 7) is -3.33. The van der Waals surface area contributed by atoms with Crippen LogP contribution in [0.15, 0.2) is 22.6 Å². The number of pyridine rings is 1. The fraction of sp³-hybridized carbons (Fsp3) is 0.444. The Labute approximate surface area is 165 Å². The topological polar surface area (TPSA) is 59.6 Å². The van der Waals surface area contributed by atoms with Crippen molar-refractivity contribution < 1.29 is 17.4 Å². The summed E-state index contributed by atoms with van der Waals surface area (Å²) >= 11 is 6.23. The van der Waals surface area contributed by atoms with Crippen molar-refractivity contribution in [2.45, 2.75) is 6.54 Å². The number of halogens is 1. The van der Waals surface area contributed by atoms with E-state index in [-0.39, 0.29) is 6.54 Å². The van der Waals surface area contributed by atoms with E-state index >= 15 is 0 Å². The molecule has 3 aromatic rings. The van der Waals surface area contributed by atoms with Crippen molar-refractivity contribution in [2.24, 2.45) is 7.05 Å². The lowest BCUT2D eigenvalue weighted by Crippen LogP contribution is -2.36. The highest BCUT2D eigenvalue weighted by molar-refractivity contribution is 6.30. The molecule has 0 radical (unpaired) electrons. The molecule has 7 nitrogen and oxygen atoms in total. The fourth-order valence-electron chi connectivity index (χ4n) is 3.08. The first-order valence-electron chi connectivity index (χ1n) is 11.2. The smallest absolute Gasteiger partial charge is 0.176 e. The highest BCUT2D eigenvalue weighted by Crippen LogP contribution is 2.35. The minimum atomic E-state index is -2.79. The van der Waals surface area contributed by atoms with Crippen molar-refractivity contribution in [3.05, 3.63) is 29.0 Å². The summed E-state index contributed by atoms with van der Waals surface area (Å²) in [4.78, 5) is 6.94. The second-order valence-electron chi connectivity index (χ2n) is 6.12. The molecular weight excluding hydrogens is 354 g/mol. The van der Waals surface area contributed by atoms with Crippen LogP contribution in [0, 0.1) is 0 Å². The van der Waals surface area contributed by atoms with Gasteiger partial charge in [0.1, 0.15) is 16.4 Å². The Morgan fingerprint density at radius 1 is 1.27 bits per heavy atom. The Morgan fingerprint density at radius 3 is 2.85 bits per heavy atom.